The molecule has 0 bridgehead atoms. The van der Waals surface area contributed by atoms with Crippen LogP contribution >= 0.6 is 0 Å². The van der Waals surface area contributed by atoms with Gasteiger partial charge >= 0.3 is 11.9 Å². The van der Waals surface area contributed by atoms with Crippen LogP contribution in [0.2, 0.25) is 0 Å². The largest absolute Gasteiger partial charge is 0.464 e. The Labute approximate surface area is 118 Å². The third kappa shape index (κ3) is 4.99. The van der Waals surface area contributed by atoms with E-state index in [4.69, 9.17) is 9.47 Å². The fourth-order valence-electron chi connectivity index (χ4n) is 1.71. The Morgan fingerprint density at radius 2 is 1.60 bits per heavy atom. The summed E-state index contributed by atoms with van der Waals surface area (Å²) in [5, 5.41) is 2.32. The number of amides is 1. The van der Waals surface area contributed by atoms with Crippen LogP contribution in [-0.4, -0.2) is 42.9 Å². The van der Waals surface area contributed by atoms with E-state index in [9.17, 15) is 19.2 Å². The van der Waals surface area contributed by atoms with Crippen LogP contribution in [0.5, 0.6) is 0 Å². The fraction of sp³-hybridized carbons (Fsp3) is 0.692. The molecule has 0 spiro atoms. The number of rotatable bonds is 9. The van der Waals surface area contributed by atoms with E-state index >= 15 is 0 Å². The molecule has 1 N–H and O–H groups in total. The van der Waals surface area contributed by atoms with Gasteiger partial charge in [0.1, 0.15) is 6.29 Å². The van der Waals surface area contributed by atoms with E-state index in [1.807, 2.05) is 0 Å². The Morgan fingerprint density at radius 1 is 1.10 bits per heavy atom. The second-order valence-electron chi connectivity index (χ2n) is 4.09. The van der Waals surface area contributed by atoms with Crippen molar-refractivity contribution >= 4 is 24.1 Å². The summed E-state index contributed by atoms with van der Waals surface area (Å²) >= 11 is 0. The molecule has 0 fully saturated rings. The normalized spacial score (nSPS) is 10.6. The number of hydrogen-bond donors (Lipinski definition) is 1. The van der Waals surface area contributed by atoms with Crippen molar-refractivity contribution in [2.75, 3.05) is 13.2 Å². The van der Waals surface area contributed by atoms with Crippen molar-refractivity contribution in [2.24, 2.45) is 0 Å². The summed E-state index contributed by atoms with van der Waals surface area (Å²) in [6, 6.07) is 0. The summed E-state index contributed by atoms with van der Waals surface area (Å²) in [6.45, 7) is 4.49. The summed E-state index contributed by atoms with van der Waals surface area (Å²) in [6.07, 6.45) is 1.04. The van der Waals surface area contributed by atoms with E-state index in [1.54, 1.807) is 13.8 Å². The lowest BCUT2D eigenvalue weighted by Gasteiger charge is -2.29. The highest BCUT2D eigenvalue weighted by atomic mass is 16.6. The van der Waals surface area contributed by atoms with Crippen molar-refractivity contribution in [1.82, 2.24) is 5.32 Å². The molecule has 20 heavy (non-hydrogen) atoms. The number of hydrogen-bond acceptors (Lipinski definition) is 6. The number of unbranched alkanes of at least 4 members (excludes halogenated alkanes) is 1. The number of ether oxygens (including phenoxy) is 2. The van der Waals surface area contributed by atoms with E-state index in [2.05, 4.69) is 5.32 Å². The highest BCUT2D eigenvalue weighted by Crippen LogP contribution is 2.19. The number of carbonyl (C=O) groups is 4. The third-order valence-corrected chi connectivity index (χ3v) is 2.51. The molecule has 0 aliphatic carbocycles. The number of esters is 2. The number of nitrogens with one attached hydrogen (secondary N) is 1. The first-order valence-corrected chi connectivity index (χ1v) is 6.51. The van der Waals surface area contributed by atoms with Crippen LogP contribution in [0.4, 0.5) is 0 Å². The van der Waals surface area contributed by atoms with Gasteiger partial charge in [-0.15, -0.1) is 0 Å². The molecular weight excluding hydrogens is 266 g/mol. The molecule has 0 atom stereocenters. The molecule has 0 unspecified atom stereocenters. The zero-order valence-corrected chi connectivity index (χ0v) is 12.1. The molecule has 114 valence electrons. The van der Waals surface area contributed by atoms with Gasteiger partial charge in [0.05, 0.1) is 13.2 Å². The van der Waals surface area contributed by atoms with E-state index < -0.39 is 23.4 Å². The van der Waals surface area contributed by atoms with Gasteiger partial charge < -0.3 is 19.6 Å². The van der Waals surface area contributed by atoms with Gasteiger partial charge in [-0.2, -0.15) is 0 Å². The second-order valence-corrected chi connectivity index (χ2v) is 4.09. The quantitative estimate of drug-likeness (QED) is 0.284. The summed E-state index contributed by atoms with van der Waals surface area (Å²) in [5.41, 5.74) is -1.89. The first kappa shape index (κ1) is 18.1. The van der Waals surface area contributed by atoms with Crippen molar-refractivity contribution in [3.63, 3.8) is 0 Å². The Balaban J connectivity index is 5.36. The highest BCUT2D eigenvalue weighted by Gasteiger charge is 2.49. The molecule has 7 heteroatoms. The maximum absolute atomic E-state index is 12.1. The van der Waals surface area contributed by atoms with Crippen LogP contribution in [0, 0.1) is 0 Å². The van der Waals surface area contributed by atoms with Gasteiger partial charge in [0.15, 0.2) is 0 Å². The van der Waals surface area contributed by atoms with Crippen molar-refractivity contribution in [2.45, 2.75) is 45.6 Å². The van der Waals surface area contributed by atoms with Crippen molar-refractivity contribution in [3.8, 4) is 0 Å². The Kier molecular flexibility index (Phi) is 8.19. The second kappa shape index (κ2) is 9.06. The average Bonchev–Trinajstić information content (AvgIpc) is 2.37. The zero-order chi connectivity index (χ0) is 15.6. The average molecular weight is 287 g/mol. The van der Waals surface area contributed by atoms with Gasteiger partial charge in [-0.3, -0.25) is 4.79 Å². The topological polar surface area (TPSA) is 98.8 Å². The smallest absolute Gasteiger partial charge is 0.343 e. The van der Waals surface area contributed by atoms with Crippen molar-refractivity contribution < 1.29 is 28.7 Å². The Bertz CT molecular complexity index is 348. The monoisotopic (exact) mass is 287 g/mol. The standard InChI is InChI=1S/C13H21NO6/c1-4-19-11(17)13(14-10(3)16,8-6-7-9-15)12(18)20-5-2/h9H,4-8H2,1-3H3,(H,14,16). The predicted molar refractivity (Wildman–Crippen MR) is 69.7 cm³/mol. The molecule has 0 rings (SSSR count). The molecule has 0 aromatic carbocycles. The number of carbonyl (C=O) groups excluding carboxylic acids is 4. The minimum atomic E-state index is -1.89. The summed E-state index contributed by atoms with van der Waals surface area (Å²) < 4.78 is 9.73. The highest BCUT2D eigenvalue weighted by molar-refractivity contribution is 6.07. The molecular formula is C13H21NO6. The molecule has 0 saturated heterocycles. The van der Waals surface area contributed by atoms with Crippen molar-refractivity contribution in [1.29, 1.82) is 0 Å². The lowest BCUT2D eigenvalue weighted by Crippen LogP contribution is -2.61. The molecule has 0 saturated carbocycles. The third-order valence-electron chi connectivity index (χ3n) is 2.51. The molecule has 0 aliphatic rings. The first-order chi connectivity index (χ1) is 9.44. The minimum absolute atomic E-state index is 0.0526. The first-order valence-electron chi connectivity index (χ1n) is 6.51. The van der Waals surface area contributed by atoms with E-state index in [1.165, 1.54) is 6.92 Å². The maximum atomic E-state index is 12.1. The SMILES string of the molecule is CCOC(=O)C(CCCC=O)(NC(C)=O)C(=O)OCC. The predicted octanol–water partition coefficient (Wildman–Crippen LogP) is 0.357. The van der Waals surface area contributed by atoms with E-state index in [-0.39, 0.29) is 32.5 Å². The maximum Gasteiger partial charge on any atom is 0.343 e. The van der Waals surface area contributed by atoms with Crippen LogP contribution in [0.25, 0.3) is 0 Å². The van der Waals surface area contributed by atoms with Crippen LogP contribution in [0.3, 0.4) is 0 Å². The van der Waals surface area contributed by atoms with E-state index in [0.29, 0.717) is 6.29 Å². The summed E-state index contributed by atoms with van der Waals surface area (Å²) in [7, 11) is 0. The van der Waals surface area contributed by atoms with Crippen molar-refractivity contribution in [3.05, 3.63) is 0 Å². The van der Waals surface area contributed by atoms with Gasteiger partial charge in [-0.1, -0.05) is 0 Å². The van der Waals surface area contributed by atoms with Gasteiger partial charge in [-0.05, 0) is 26.7 Å². The molecule has 0 radical (unpaired) electrons. The lowest BCUT2D eigenvalue weighted by molar-refractivity contribution is -0.168. The minimum Gasteiger partial charge on any atom is -0.464 e. The Morgan fingerprint density at radius 3 is 1.95 bits per heavy atom. The van der Waals surface area contributed by atoms with Gasteiger partial charge in [0.2, 0.25) is 11.4 Å². The van der Waals surface area contributed by atoms with E-state index in [0.717, 1.165) is 0 Å². The van der Waals surface area contributed by atoms with Crippen LogP contribution in [-0.2, 0) is 28.7 Å². The molecule has 0 aliphatic heterocycles. The van der Waals surface area contributed by atoms with Crippen LogP contribution < -0.4 is 5.32 Å². The van der Waals surface area contributed by atoms with Gasteiger partial charge in [0, 0.05) is 13.3 Å². The van der Waals surface area contributed by atoms with Crippen LogP contribution in [0.1, 0.15) is 40.0 Å². The van der Waals surface area contributed by atoms with Gasteiger partial charge in [0.25, 0.3) is 0 Å². The number of aldehydes is 1. The summed E-state index contributed by atoms with van der Waals surface area (Å²) in [5.74, 6) is -2.31. The Hall–Kier alpha value is -1.92. The zero-order valence-electron chi connectivity index (χ0n) is 12.1. The summed E-state index contributed by atoms with van der Waals surface area (Å²) in [4.78, 5) is 45.9. The molecule has 7 nitrogen and oxygen atoms in total. The molecule has 0 heterocycles. The molecule has 1 amide bonds. The lowest BCUT2D eigenvalue weighted by atomic mass is 9.92. The molecule has 0 aromatic rings. The van der Waals surface area contributed by atoms with Crippen LogP contribution in [0.15, 0.2) is 0 Å². The van der Waals surface area contributed by atoms with Gasteiger partial charge in [-0.25, -0.2) is 9.59 Å². The fourth-order valence-corrected chi connectivity index (χ4v) is 1.71. The molecule has 0 aromatic heterocycles.